The molecule has 0 aliphatic heterocycles. The summed E-state index contributed by atoms with van der Waals surface area (Å²) in [5, 5.41) is 0. The minimum Gasteiger partial charge on any atom is -0.363 e. The van der Waals surface area contributed by atoms with Gasteiger partial charge in [0.1, 0.15) is 0 Å². The molecule has 0 aliphatic rings. The normalized spacial score (nSPS) is 13.0. The Balaban J connectivity index is 3.07. The molecule has 3 heteroatoms. The van der Waals surface area contributed by atoms with Crippen LogP contribution < -0.4 is 11.2 Å². The first-order chi connectivity index (χ1) is 4.70. The van der Waals surface area contributed by atoms with E-state index in [4.69, 9.17) is 5.73 Å². The quantitative estimate of drug-likeness (QED) is 0.590. The fourth-order valence-electron chi connectivity index (χ4n) is 0.726. The monoisotopic (exact) mass is 138 g/mol. The van der Waals surface area contributed by atoms with Gasteiger partial charge in [-0.2, -0.15) is 0 Å². The molecule has 0 saturated carbocycles. The van der Waals surface area contributed by atoms with Crippen LogP contribution in [0.4, 0.5) is 0 Å². The third-order valence-corrected chi connectivity index (χ3v) is 1.29. The van der Waals surface area contributed by atoms with Crippen molar-refractivity contribution in [3.05, 3.63) is 34.2 Å². The number of hydrogen-bond donors (Lipinski definition) is 2. The number of hydrogen-bond acceptors (Lipinski definition) is 2. The summed E-state index contributed by atoms with van der Waals surface area (Å²) in [4.78, 5) is 13.6. The standard InChI is InChI=1S/C7H10N2O/c1-5(8)7-4-6(10)2-3-9-7/h2-5H,8H2,1H3,(H,9,10)/t5-/m0/s1. The Kier molecular flexibility index (Phi) is 1.87. The van der Waals surface area contributed by atoms with E-state index in [0.717, 1.165) is 5.69 Å². The van der Waals surface area contributed by atoms with Crippen molar-refractivity contribution in [3.63, 3.8) is 0 Å². The van der Waals surface area contributed by atoms with Crippen molar-refractivity contribution >= 4 is 0 Å². The van der Waals surface area contributed by atoms with Crippen molar-refractivity contribution < 1.29 is 0 Å². The number of aromatic nitrogens is 1. The fourth-order valence-corrected chi connectivity index (χ4v) is 0.726. The van der Waals surface area contributed by atoms with Crippen molar-refractivity contribution in [1.82, 2.24) is 4.98 Å². The van der Waals surface area contributed by atoms with Crippen LogP contribution in [0.2, 0.25) is 0 Å². The average molecular weight is 138 g/mol. The van der Waals surface area contributed by atoms with Crippen LogP contribution in [0, 0.1) is 0 Å². The van der Waals surface area contributed by atoms with Gasteiger partial charge in [0.05, 0.1) is 0 Å². The lowest BCUT2D eigenvalue weighted by atomic mass is 10.2. The maximum absolute atomic E-state index is 10.7. The molecule has 0 aliphatic carbocycles. The molecule has 0 bridgehead atoms. The molecular weight excluding hydrogens is 128 g/mol. The first kappa shape index (κ1) is 7.02. The highest BCUT2D eigenvalue weighted by molar-refractivity contribution is 5.07. The van der Waals surface area contributed by atoms with E-state index in [9.17, 15) is 4.79 Å². The highest BCUT2D eigenvalue weighted by atomic mass is 16.1. The molecule has 0 radical (unpaired) electrons. The van der Waals surface area contributed by atoms with Gasteiger partial charge < -0.3 is 10.7 Å². The lowest BCUT2D eigenvalue weighted by molar-refractivity contribution is 0.779. The zero-order chi connectivity index (χ0) is 7.56. The van der Waals surface area contributed by atoms with Crippen LogP contribution in [-0.4, -0.2) is 4.98 Å². The van der Waals surface area contributed by atoms with Crippen LogP contribution in [0.3, 0.4) is 0 Å². The van der Waals surface area contributed by atoms with Crippen LogP contribution in [-0.2, 0) is 0 Å². The molecule has 0 fully saturated rings. The van der Waals surface area contributed by atoms with Gasteiger partial charge in [-0.1, -0.05) is 0 Å². The average Bonchev–Trinajstić information content (AvgIpc) is 1.88. The van der Waals surface area contributed by atoms with E-state index in [0.29, 0.717) is 0 Å². The summed E-state index contributed by atoms with van der Waals surface area (Å²) in [7, 11) is 0. The van der Waals surface area contributed by atoms with Gasteiger partial charge >= 0.3 is 0 Å². The molecule has 1 aromatic heterocycles. The van der Waals surface area contributed by atoms with E-state index in [-0.39, 0.29) is 11.5 Å². The van der Waals surface area contributed by atoms with E-state index >= 15 is 0 Å². The van der Waals surface area contributed by atoms with Gasteiger partial charge in [0.2, 0.25) is 0 Å². The molecule has 0 spiro atoms. The number of nitrogens with one attached hydrogen (secondary N) is 1. The molecule has 54 valence electrons. The second kappa shape index (κ2) is 2.66. The molecule has 0 aromatic carbocycles. The van der Waals surface area contributed by atoms with Gasteiger partial charge in [-0.15, -0.1) is 0 Å². The van der Waals surface area contributed by atoms with E-state index in [1.54, 1.807) is 6.20 Å². The summed E-state index contributed by atoms with van der Waals surface area (Å²) in [5.74, 6) is 0. The Morgan fingerprint density at radius 2 is 2.40 bits per heavy atom. The van der Waals surface area contributed by atoms with Gasteiger partial charge in [-0.25, -0.2) is 0 Å². The van der Waals surface area contributed by atoms with Crippen LogP contribution in [0.15, 0.2) is 23.1 Å². The SMILES string of the molecule is C[C@H](N)c1cc(=O)cc[nH]1. The maximum Gasteiger partial charge on any atom is 0.181 e. The third-order valence-electron chi connectivity index (χ3n) is 1.29. The Morgan fingerprint density at radius 3 is 2.80 bits per heavy atom. The van der Waals surface area contributed by atoms with Crippen molar-refractivity contribution in [2.75, 3.05) is 0 Å². The number of H-pyrrole nitrogens is 1. The fraction of sp³-hybridized carbons (Fsp3) is 0.286. The first-order valence-electron chi connectivity index (χ1n) is 3.14. The minimum atomic E-state index is -0.103. The Labute approximate surface area is 58.9 Å². The zero-order valence-corrected chi connectivity index (χ0v) is 5.79. The summed E-state index contributed by atoms with van der Waals surface area (Å²) < 4.78 is 0. The molecule has 3 nitrogen and oxygen atoms in total. The number of pyridine rings is 1. The van der Waals surface area contributed by atoms with E-state index in [2.05, 4.69) is 4.98 Å². The van der Waals surface area contributed by atoms with Crippen LogP contribution in [0.1, 0.15) is 18.7 Å². The van der Waals surface area contributed by atoms with Gasteiger partial charge in [0.25, 0.3) is 0 Å². The minimum absolute atomic E-state index is 0.00829. The Morgan fingerprint density at radius 1 is 1.70 bits per heavy atom. The van der Waals surface area contributed by atoms with Crippen molar-refractivity contribution in [1.29, 1.82) is 0 Å². The molecule has 1 heterocycles. The lowest BCUT2D eigenvalue weighted by Gasteiger charge is -2.02. The Hall–Kier alpha value is -1.09. The number of aromatic amines is 1. The van der Waals surface area contributed by atoms with Crippen LogP contribution in [0.25, 0.3) is 0 Å². The molecule has 0 saturated heterocycles. The first-order valence-corrected chi connectivity index (χ1v) is 3.14. The number of rotatable bonds is 1. The highest BCUT2D eigenvalue weighted by Gasteiger charge is 1.97. The van der Waals surface area contributed by atoms with E-state index in [1.807, 2.05) is 6.92 Å². The van der Waals surface area contributed by atoms with E-state index < -0.39 is 0 Å². The number of nitrogens with two attached hydrogens (primary N) is 1. The van der Waals surface area contributed by atoms with E-state index in [1.165, 1.54) is 12.1 Å². The molecule has 1 rings (SSSR count). The molecule has 0 unspecified atom stereocenters. The summed E-state index contributed by atoms with van der Waals surface area (Å²) in [6, 6.07) is 2.87. The maximum atomic E-state index is 10.7. The predicted molar refractivity (Wildman–Crippen MR) is 39.7 cm³/mol. The molecule has 3 N–H and O–H groups in total. The molecule has 1 aromatic rings. The third kappa shape index (κ3) is 1.45. The smallest absolute Gasteiger partial charge is 0.181 e. The lowest BCUT2D eigenvalue weighted by Crippen LogP contribution is -2.10. The zero-order valence-electron chi connectivity index (χ0n) is 5.79. The van der Waals surface area contributed by atoms with Crippen molar-refractivity contribution in [3.8, 4) is 0 Å². The van der Waals surface area contributed by atoms with Gasteiger partial charge in [0, 0.05) is 30.1 Å². The topological polar surface area (TPSA) is 58.9 Å². The van der Waals surface area contributed by atoms with Gasteiger partial charge in [0.15, 0.2) is 5.43 Å². The second-order valence-electron chi connectivity index (χ2n) is 2.27. The summed E-state index contributed by atoms with van der Waals surface area (Å²) in [5.41, 5.74) is 6.28. The second-order valence-corrected chi connectivity index (χ2v) is 2.27. The highest BCUT2D eigenvalue weighted by Crippen LogP contribution is 1.99. The van der Waals surface area contributed by atoms with Gasteiger partial charge in [-0.3, -0.25) is 4.79 Å². The molecule has 10 heavy (non-hydrogen) atoms. The largest absolute Gasteiger partial charge is 0.363 e. The van der Waals surface area contributed by atoms with Crippen LogP contribution >= 0.6 is 0 Å². The predicted octanol–water partition coefficient (Wildman–Crippen LogP) is 0.395. The van der Waals surface area contributed by atoms with Crippen molar-refractivity contribution in [2.45, 2.75) is 13.0 Å². The summed E-state index contributed by atoms with van der Waals surface area (Å²) in [6.45, 7) is 1.82. The Bertz CT molecular complexity index is 264. The molecular formula is C7H10N2O. The molecule has 1 atom stereocenters. The summed E-state index contributed by atoms with van der Waals surface area (Å²) >= 11 is 0. The summed E-state index contributed by atoms with van der Waals surface area (Å²) in [6.07, 6.45) is 1.60. The van der Waals surface area contributed by atoms with Crippen LogP contribution in [0.5, 0.6) is 0 Å². The van der Waals surface area contributed by atoms with Gasteiger partial charge in [-0.05, 0) is 6.92 Å². The van der Waals surface area contributed by atoms with Crippen molar-refractivity contribution in [2.24, 2.45) is 5.73 Å². The molecule has 0 amide bonds.